The fourth-order valence-corrected chi connectivity index (χ4v) is 2.69. The second-order valence-electron chi connectivity index (χ2n) is 5.14. The van der Waals surface area contributed by atoms with Crippen LogP contribution in [0.25, 0.3) is 0 Å². The number of carbonyl (C=O) groups excluding carboxylic acids is 2. The van der Waals surface area contributed by atoms with Crippen LogP contribution in [0.3, 0.4) is 0 Å². The third kappa shape index (κ3) is 2.33. The molecule has 0 N–H and O–H groups in total. The molecule has 106 valence electrons. The number of fused-ring (bicyclic) bond motifs is 1. The summed E-state index contributed by atoms with van der Waals surface area (Å²) in [6.45, 7) is 2.35. The van der Waals surface area contributed by atoms with Crippen LogP contribution in [-0.2, 0) is 11.3 Å². The van der Waals surface area contributed by atoms with Gasteiger partial charge in [0, 0.05) is 6.07 Å². The summed E-state index contributed by atoms with van der Waals surface area (Å²) in [7, 11) is 0. The molecule has 0 saturated heterocycles. The van der Waals surface area contributed by atoms with Gasteiger partial charge < -0.3 is 0 Å². The number of benzene rings is 1. The molecule has 1 aromatic heterocycles. The minimum Gasteiger partial charge on any atom is -0.246 e. The van der Waals surface area contributed by atoms with Crippen molar-refractivity contribution in [1.82, 2.24) is 0 Å². The van der Waals surface area contributed by atoms with Crippen molar-refractivity contribution < 1.29 is 14.2 Å². The van der Waals surface area contributed by atoms with E-state index < -0.39 is 5.92 Å². The molecule has 1 atom stereocenters. The van der Waals surface area contributed by atoms with Crippen molar-refractivity contribution in [3.05, 3.63) is 60.3 Å². The van der Waals surface area contributed by atoms with E-state index in [9.17, 15) is 9.59 Å². The van der Waals surface area contributed by atoms with Gasteiger partial charge in [-0.15, -0.1) is 0 Å². The van der Waals surface area contributed by atoms with Crippen molar-refractivity contribution in [1.29, 1.82) is 0 Å². The van der Waals surface area contributed by atoms with E-state index in [0.717, 1.165) is 5.56 Å². The molecule has 1 amide bonds. The zero-order chi connectivity index (χ0) is 14.8. The minimum absolute atomic E-state index is 0.113. The molecular formula is C17H17N2O2+. The molecule has 0 aliphatic carbocycles. The zero-order valence-electron chi connectivity index (χ0n) is 11.9. The Hall–Kier alpha value is -2.49. The molecule has 3 rings (SSSR count). The molecule has 0 saturated carbocycles. The van der Waals surface area contributed by atoms with E-state index in [1.807, 2.05) is 55.5 Å². The number of amides is 1. The monoisotopic (exact) mass is 281 g/mol. The molecule has 21 heavy (non-hydrogen) atoms. The average Bonchev–Trinajstić information content (AvgIpc) is 2.53. The van der Waals surface area contributed by atoms with Gasteiger partial charge in [0.25, 0.3) is 5.82 Å². The topological polar surface area (TPSA) is 41.3 Å². The first-order valence-electron chi connectivity index (χ1n) is 7.12. The van der Waals surface area contributed by atoms with Gasteiger partial charge in [0.1, 0.15) is 6.54 Å². The zero-order valence-corrected chi connectivity index (χ0v) is 11.9. The van der Waals surface area contributed by atoms with Gasteiger partial charge in [0.15, 0.2) is 5.92 Å². The average molecular weight is 281 g/mol. The number of aromatic nitrogens is 1. The number of nitrogens with zero attached hydrogens (tertiary/aromatic N) is 2. The molecule has 4 nitrogen and oxygen atoms in total. The van der Waals surface area contributed by atoms with Crippen LogP contribution in [0.2, 0.25) is 0 Å². The molecule has 1 aliphatic heterocycles. The molecule has 0 radical (unpaired) electrons. The normalized spacial score (nSPS) is 17.8. The SMILES string of the molecule is CCC1C(=O)N(Cc2ccccc2)c2cccc[n+]2C1=O. The summed E-state index contributed by atoms with van der Waals surface area (Å²) in [6, 6.07) is 15.3. The molecule has 0 spiro atoms. The van der Waals surface area contributed by atoms with Crippen molar-refractivity contribution in [2.75, 3.05) is 4.90 Å². The number of carbonyl (C=O) groups is 2. The highest BCUT2D eigenvalue weighted by Crippen LogP contribution is 2.22. The van der Waals surface area contributed by atoms with Crippen LogP contribution in [0.1, 0.15) is 23.7 Å². The number of hydrogen-bond donors (Lipinski definition) is 0. The number of pyridine rings is 1. The van der Waals surface area contributed by atoms with Crippen LogP contribution in [0, 0.1) is 5.92 Å². The van der Waals surface area contributed by atoms with Crippen LogP contribution < -0.4 is 9.47 Å². The van der Waals surface area contributed by atoms with Crippen molar-refractivity contribution >= 4 is 17.6 Å². The Morgan fingerprint density at radius 1 is 1.05 bits per heavy atom. The predicted octanol–water partition coefficient (Wildman–Crippen LogP) is 2.19. The number of rotatable bonds is 3. The maximum Gasteiger partial charge on any atom is 0.329 e. The lowest BCUT2D eigenvalue weighted by molar-refractivity contribution is -0.565. The molecule has 1 unspecified atom stereocenters. The smallest absolute Gasteiger partial charge is 0.246 e. The van der Waals surface area contributed by atoms with Crippen LogP contribution in [-0.4, -0.2) is 11.8 Å². The van der Waals surface area contributed by atoms with Crippen molar-refractivity contribution in [3.8, 4) is 0 Å². The van der Waals surface area contributed by atoms with Crippen molar-refractivity contribution in [2.24, 2.45) is 5.92 Å². The third-order valence-corrected chi connectivity index (χ3v) is 3.81. The Bertz CT molecular complexity index is 682. The summed E-state index contributed by atoms with van der Waals surface area (Å²) in [4.78, 5) is 26.7. The van der Waals surface area contributed by atoms with Gasteiger partial charge in [-0.05, 0) is 18.1 Å². The van der Waals surface area contributed by atoms with Crippen LogP contribution >= 0.6 is 0 Å². The number of anilines is 1. The summed E-state index contributed by atoms with van der Waals surface area (Å²) < 4.78 is 1.58. The summed E-state index contributed by atoms with van der Waals surface area (Å²) in [5.41, 5.74) is 1.05. The molecule has 4 heteroatoms. The molecule has 2 heterocycles. The lowest BCUT2D eigenvalue weighted by Crippen LogP contribution is -2.60. The van der Waals surface area contributed by atoms with Gasteiger partial charge in [-0.1, -0.05) is 43.3 Å². The predicted molar refractivity (Wildman–Crippen MR) is 78.7 cm³/mol. The Morgan fingerprint density at radius 3 is 2.48 bits per heavy atom. The summed E-state index contributed by atoms with van der Waals surface area (Å²) in [5, 5.41) is 0. The fraction of sp³-hybridized carbons (Fsp3) is 0.235. The lowest BCUT2D eigenvalue weighted by Gasteiger charge is -2.25. The first-order chi connectivity index (χ1) is 10.2. The van der Waals surface area contributed by atoms with Crippen LogP contribution in [0.4, 0.5) is 5.82 Å². The first kappa shape index (κ1) is 13.5. The largest absolute Gasteiger partial charge is 0.329 e. The maximum atomic E-state index is 12.6. The van der Waals surface area contributed by atoms with Crippen molar-refractivity contribution in [3.63, 3.8) is 0 Å². The lowest BCUT2D eigenvalue weighted by atomic mass is 10.0. The fourth-order valence-electron chi connectivity index (χ4n) is 2.69. The van der Waals surface area contributed by atoms with Gasteiger partial charge in [-0.25, -0.2) is 9.59 Å². The second kappa shape index (κ2) is 5.48. The maximum absolute atomic E-state index is 12.6. The Balaban J connectivity index is 2.04. The van der Waals surface area contributed by atoms with E-state index in [4.69, 9.17) is 0 Å². The van der Waals surface area contributed by atoms with Gasteiger partial charge >= 0.3 is 11.8 Å². The highest BCUT2D eigenvalue weighted by molar-refractivity contribution is 6.07. The Labute approximate surface area is 123 Å². The summed E-state index contributed by atoms with van der Waals surface area (Å²) >= 11 is 0. The summed E-state index contributed by atoms with van der Waals surface area (Å²) in [5.74, 6) is -0.199. The molecule has 1 aromatic carbocycles. The van der Waals surface area contributed by atoms with E-state index in [2.05, 4.69) is 0 Å². The van der Waals surface area contributed by atoms with Crippen LogP contribution in [0.15, 0.2) is 54.7 Å². The highest BCUT2D eigenvalue weighted by atomic mass is 16.2. The van der Waals surface area contributed by atoms with E-state index in [-0.39, 0.29) is 11.8 Å². The first-order valence-corrected chi connectivity index (χ1v) is 7.12. The van der Waals surface area contributed by atoms with E-state index in [1.165, 1.54) is 0 Å². The minimum atomic E-state index is -0.589. The second-order valence-corrected chi connectivity index (χ2v) is 5.14. The molecule has 2 aromatic rings. The molecular weight excluding hydrogens is 264 g/mol. The van der Waals surface area contributed by atoms with Gasteiger partial charge in [0.2, 0.25) is 0 Å². The Morgan fingerprint density at radius 2 is 1.76 bits per heavy atom. The van der Waals surface area contributed by atoms with E-state index in [1.54, 1.807) is 15.7 Å². The van der Waals surface area contributed by atoms with Gasteiger partial charge in [-0.3, -0.25) is 0 Å². The van der Waals surface area contributed by atoms with Crippen molar-refractivity contribution in [2.45, 2.75) is 19.9 Å². The van der Waals surface area contributed by atoms with Crippen LogP contribution in [0.5, 0.6) is 0 Å². The standard InChI is InChI=1S/C17H17N2O2/c1-2-14-16(20)18-11-7-6-10-15(18)19(17(14)21)12-13-8-4-3-5-9-13/h3-11,14H,2,12H2,1H3/q+1. The molecule has 0 fully saturated rings. The molecule has 1 aliphatic rings. The third-order valence-electron chi connectivity index (χ3n) is 3.81. The summed E-state index contributed by atoms with van der Waals surface area (Å²) in [6.07, 6.45) is 2.25. The van der Waals surface area contributed by atoms with Gasteiger partial charge in [-0.2, -0.15) is 9.47 Å². The van der Waals surface area contributed by atoms with E-state index >= 15 is 0 Å². The highest BCUT2D eigenvalue weighted by Gasteiger charge is 2.45. The van der Waals surface area contributed by atoms with Gasteiger partial charge in [0.05, 0.1) is 6.20 Å². The quantitative estimate of drug-likeness (QED) is 0.639. The van der Waals surface area contributed by atoms with E-state index in [0.29, 0.717) is 18.8 Å². The molecule has 0 bridgehead atoms. The number of hydrogen-bond acceptors (Lipinski definition) is 2. The Kier molecular flexibility index (Phi) is 3.52.